The predicted octanol–water partition coefficient (Wildman–Crippen LogP) is 0.158. The van der Waals surface area contributed by atoms with E-state index in [0.29, 0.717) is 17.5 Å². The molecule has 1 saturated heterocycles. The third kappa shape index (κ3) is 2.24. The Hall–Kier alpha value is -0.750. The van der Waals surface area contributed by atoms with Crippen molar-refractivity contribution in [2.45, 2.75) is 43.6 Å². The molecule has 4 heteroatoms. The number of phenols is 1. The van der Waals surface area contributed by atoms with Gasteiger partial charge in [0.25, 0.3) is 0 Å². The normalized spacial score (nSPS) is 30.4. The van der Waals surface area contributed by atoms with Crippen molar-refractivity contribution in [2.24, 2.45) is 0 Å². The van der Waals surface area contributed by atoms with Crippen molar-refractivity contribution in [3.8, 4) is 11.5 Å². The van der Waals surface area contributed by atoms with E-state index in [9.17, 15) is 5.11 Å². The van der Waals surface area contributed by atoms with Crippen LogP contribution in [-0.4, -0.2) is 43.4 Å². The minimum atomic E-state index is 0. The topological polar surface area (TPSA) is 29.5 Å². The fourth-order valence-corrected chi connectivity index (χ4v) is 5.18. The van der Waals surface area contributed by atoms with Gasteiger partial charge in [0.2, 0.25) is 0 Å². The highest BCUT2D eigenvalue weighted by atomic mass is 127. The first-order valence-electron chi connectivity index (χ1n) is 8.42. The van der Waals surface area contributed by atoms with Gasteiger partial charge in [-0.25, -0.2) is 0 Å². The maximum atomic E-state index is 10.9. The number of likely N-dealkylation sites (tertiary alicyclic amines) is 1. The number of piperidine rings is 1. The zero-order valence-electron chi connectivity index (χ0n) is 14.2. The number of hydrogen-bond acceptors (Lipinski definition) is 2. The minimum Gasteiger partial charge on any atom is -1.00 e. The summed E-state index contributed by atoms with van der Waals surface area (Å²) in [5.74, 6) is 1.01. The fourth-order valence-electron chi connectivity index (χ4n) is 5.18. The molecule has 0 saturated carbocycles. The number of ether oxygens (including phenoxy) is 1. The van der Waals surface area contributed by atoms with Gasteiger partial charge in [0.1, 0.15) is 6.04 Å². The second-order valence-electron chi connectivity index (χ2n) is 7.76. The van der Waals surface area contributed by atoms with E-state index in [1.54, 1.807) is 12.7 Å². The molecular formula is C19H26INO2. The number of methoxy groups -OCH3 is 1. The maximum absolute atomic E-state index is 10.9. The summed E-state index contributed by atoms with van der Waals surface area (Å²) in [6, 6.07) is 4.67. The summed E-state index contributed by atoms with van der Waals surface area (Å²) in [6.07, 6.45) is 8.23. The van der Waals surface area contributed by atoms with Gasteiger partial charge in [-0.3, -0.25) is 0 Å². The van der Waals surface area contributed by atoms with Crippen LogP contribution in [-0.2, 0) is 11.8 Å². The van der Waals surface area contributed by atoms with Crippen LogP contribution in [0, 0.1) is 0 Å². The summed E-state index contributed by atoms with van der Waals surface area (Å²) in [5, 5.41) is 10.9. The molecular weight excluding hydrogens is 401 g/mol. The van der Waals surface area contributed by atoms with Crippen molar-refractivity contribution in [3.05, 3.63) is 34.9 Å². The predicted molar refractivity (Wildman–Crippen MR) is 87.4 cm³/mol. The van der Waals surface area contributed by atoms with Crippen LogP contribution in [0.3, 0.4) is 0 Å². The smallest absolute Gasteiger partial charge is 0.162 e. The number of quaternary nitrogens is 1. The summed E-state index contributed by atoms with van der Waals surface area (Å²) >= 11 is 0. The molecule has 1 aliphatic heterocycles. The molecule has 1 heterocycles. The van der Waals surface area contributed by atoms with Crippen molar-refractivity contribution in [3.63, 3.8) is 0 Å². The maximum Gasteiger partial charge on any atom is 0.162 e. The quantitative estimate of drug-likeness (QED) is 0.393. The van der Waals surface area contributed by atoms with Crippen LogP contribution in [0.25, 0.3) is 0 Å². The molecule has 1 N–H and O–H groups in total. The van der Waals surface area contributed by atoms with E-state index in [4.69, 9.17) is 4.74 Å². The SMILES string of the molecule is COc1ccc2c(c1O)[C@]13CCCC=C1[C@H](C2)[N+](C)(C)CC3.[I-]. The van der Waals surface area contributed by atoms with Crippen molar-refractivity contribution in [1.29, 1.82) is 0 Å². The van der Waals surface area contributed by atoms with Gasteiger partial charge in [-0.15, -0.1) is 0 Å². The Morgan fingerprint density at radius 3 is 2.78 bits per heavy atom. The largest absolute Gasteiger partial charge is 1.00 e. The van der Waals surface area contributed by atoms with E-state index in [-0.39, 0.29) is 29.4 Å². The van der Waals surface area contributed by atoms with E-state index >= 15 is 0 Å². The Morgan fingerprint density at radius 2 is 2.04 bits per heavy atom. The number of likely N-dealkylation sites (N-methyl/N-ethyl adjacent to an activating group) is 1. The number of rotatable bonds is 1. The Morgan fingerprint density at radius 1 is 1.26 bits per heavy atom. The molecule has 0 unspecified atom stereocenters. The zero-order valence-corrected chi connectivity index (χ0v) is 16.4. The lowest BCUT2D eigenvalue weighted by molar-refractivity contribution is -0.915. The standard InChI is InChI=1S/C19H25NO2.HI/c1-20(2)11-10-19-9-5-4-6-14(19)15(20)12-13-7-8-16(22-3)18(21)17(13)19;/h6-8,15H,4-5,9-12H2,1-3H3;1H/t15-,19-;/m0./s1. The van der Waals surface area contributed by atoms with Gasteiger partial charge in [0.15, 0.2) is 11.5 Å². The summed E-state index contributed by atoms with van der Waals surface area (Å²) in [7, 11) is 6.36. The lowest BCUT2D eigenvalue weighted by Crippen LogP contribution is -3.00. The minimum absolute atomic E-state index is 0. The van der Waals surface area contributed by atoms with Gasteiger partial charge in [0.05, 0.1) is 27.7 Å². The second-order valence-corrected chi connectivity index (χ2v) is 7.76. The number of nitrogens with zero attached hydrogens (tertiary/aromatic N) is 1. The van der Waals surface area contributed by atoms with E-state index in [1.807, 2.05) is 6.07 Å². The van der Waals surface area contributed by atoms with Crippen molar-refractivity contribution in [2.75, 3.05) is 27.7 Å². The lowest BCUT2D eigenvalue weighted by Gasteiger charge is -2.56. The molecule has 2 bridgehead atoms. The van der Waals surface area contributed by atoms with Gasteiger partial charge in [-0.2, -0.15) is 0 Å². The van der Waals surface area contributed by atoms with E-state index in [0.717, 1.165) is 17.3 Å². The summed E-state index contributed by atoms with van der Waals surface area (Å²) in [6.45, 7) is 1.18. The molecule has 1 fully saturated rings. The molecule has 23 heavy (non-hydrogen) atoms. The Balaban J connectivity index is 0.00000156. The first-order valence-corrected chi connectivity index (χ1v) is 8.42. The van der Waals surface area contributed by atoms with Crippen LogP contribution in [0.15, 0.2) is 23.8 Å². The van der Waals surface area contributed by atoms with Crippen LogP contribution < -0.4 is 28.7 Å². The van der Waals surface area contributed by atoms with Crippen LogP contribution >= 0.6 is 0 Å². The number of benzene rings is 1. The average Bonchev–Trinajstić information content (AvgIpc) is 2.51. The van der Waals surface area contributed by atoms with Crippen LogP contribution in [0.5, 0.6) is 11.5 Å². The van der Waals surface area contributed by atoms with Gasteiger partial charge >= 0.3 is 0 Å². The molecule has 3 nitrogen and oxygen atoms in total. The molecule has 2 atom stereocenters. The zero-order chi connectivity index (χ0) is 15.5. The molecule has 3 aliphatic rings. The average molecular weight is 427 g/mol. The molecule has 126 valence electrons. The van der Waals surface area contributed by atoms with Gasteiger partial charge in [-0.1, -0.05) is 12.1 Å². The fraction of sp³-hybridized carbons (Fsp3) is 0.579. The van der Waals surface area contributed by atoms with Gasteiger partial charge in [-0.05, 0) is 36.5 Å². The molecule has 0 spiro atoms. The van der Waals surface area contributed by atoms with Crippen LogP contribution in [0.4, 0.5) is 0 Å². The highest BCUT2D eigenvalue weighted by Gasteiger charge is 2.55. The third-order valence-corrected chi connectivity index (χ3v) is 6.38. The molecule has 2 aliphatic carbocycles. The Bertz CT molecular complexity index is 668. The number of fused-ring (bicyclic) bond motifs is 1. The second kappa shape index (κ2) is 5.66. The third-order valence-electron chi connectivity index (χ3n) is 6.38. The summed E-state index contributed by atoms with van der Waals surface area (Å²) < 4.78 is 6.46. The number of hydrogen-bond donors (Lipinski definition) is 1. The van der Waals surface area contributed by atoms with Crippen molar-refractivity contribution < 1.29 is 38.3 Å². The van der Waals surface area contributed by atoms with E-state index in [1.165, 1.54) is 36.9 Å². The number of phenolic OH excluding ortho intramolecular Hbond substituents is 1. The molecule has 0 radical (unpaired) electrons. The van der Waals surface area contributed by atoms with Crippen molar-refractivity contribution in [1.82, 2.24) is 0 Å². The van der Waals surface area contributed by atoms with Crippen molar-refractivity contribution >= 4 is 0 Å². The molecule has 1 aromatic rings. The van der Waals surface area contributed by atoms with Crippen LogP contribution in [0.2, 0.25) is 0 Å². The molecule has 0 aromatic heterocycles. The highest BCUT2D eigenvalue weighted by molar-refractivity contribution is 5.60. The van der Waals surface area contributed by atoms with E-state index < -0.39 is 0 Å². The van der Waals surface area contributed by atoms with Crippen LogP contribution in [0.1, 0.15) is 36.8 Å². The lowest BCUT2D eigenvalue weighted by atomic mass is 9.56. The Labute approximate surface area is 155 Å². The summed E-state index contributed by atoms with van der Waals surface area (Å²) in [4.78, 5) is 0. The summed E-state index contributed by atoms with van der Waals surface area (Å²) in [5.41, 5.74) is 4.15. The van der Waals surface area contributed by atoms with Gasteiger partial charge < -0.3 is 38.3 Å². The monoisotopic (exact) mass is 427 g/mol. The molecule has 4 rings (SSSR count). The number of halogens is 1. The van der Waals surface area contributed by atoms with E-state index in [2.05, 4.69) is 26.2 Å². The number of aromatic hydroxyl groups is 1. The Kier molecular flexibility index (Phi) is 4.20. The number of allylic oxidation sites excluding steroid dienone is 1. The molecule has 0 amide bonds. The van der Waals surface area contributed by atoms with Gasteiger partial charge in [0, 0.05) is 23.8 Å². The molecule has 1 aromatic carbocycles. The first-order chi connectivity index (χ1) is 10.5. The highest BCUT2D eigenvalue weighted by Crippen LogP contribution is 2.58. The first kappa shape index (κ1) is 17.1.